The second kappa shape index (κ2) is 6.49. The van der Waals surface area contributed by atoms with E-state index in [4.69, 9.17) is 4.74 Å². The second-order valence-corrected chi connectivity index (χ2v) is 5.28. The van der Waals surface area contributed by atoms with Crippen LogP contribution in [-0.4, -0.2) is 33.5 Å². The largest absolute Gasteiger partial charge is 0.464 e. The molecule has 3 rings (SSSR count). The van der Waals surface area contributed by atoms with Crippen molar-refractivity contribution in [1.82, 2.24) is 20.4 Å². The number of aromatic amines is 1. The zero-order valence-electron chi connectivity index (χ0n) is 13.5. The zero-order chi connectivity index (χ0) is 17.1. The Labute approximate surface area is 138 Å². The van der Waals surface area contributed by atoms with Gasteiger partial charge < -0.3 is 9.47 Å². The summed E-state index contributed by atoms with van der Waals surface area (Å²) < 4.78 is 10.2. The summed E-state index contributed by atoms with van der Waals surface area (Å²) in [6.07, 6.45) is 0. The number of ether oxygens (including phenoxy) is 2. The summed E-state index contributed by atoms with van der Waals surface area (Å²) in [7, 11) is 1.27. The van der Waals surface area contributed by atoms with Gasteiger partial charge in [-0.3, -0.25) is 4.98 Å². The molecule has 2 aromatic heterocycles. The van der Waals surface area contributed by atoms with Crippen molar-refractivity contribution >= 4 is 5.97 Å². The van der Waals surface area contributed by atoms with E-state index in [0.29, 0.717) is 5.75 Å². The highest BCUT2D eigenvalue weighted by Gasteiger charge is 2.18. The molecule has 3 aromatic rings. The van der Waals surface area contributed by atoms with Crippen LogP contribution in [0.5, 0.6) is 11.6 Å². The van der Waals surface area contributed by atoms with Crippen LogP contribution in [0, 0.1) is 13.8 Å². The fourth-order valence-corrected chi connectivity index (χ4v) is 2.32. The Morgan fingerprint density at radius 2 is 1.88 bits per heavy atom. The minimum absolute atomic E-state index is 0.00227. The fraction of sp³-hybridized carbons (Fsp3) is 0.176. The van der Waals surface area contributed by atoms with Gasteiger partial charge >= 0.3 is 5.97 Å². The van der Waals surface area contributed by atoms with Gasteiger partial charge in [-0.2, -0.15) is 0 Å². The first-order valence-corrected chi connectivity index (χ1v) is 7.30. The Morgan fingerprint density at radius 3 is 2.54 bits per heavy atom. The van der Waals surface area contributed by atoms with E-state index in [9.17, 15) is 4.79 Å². The molecule has 0 unspecified atom stereocenters. The van der Waals surface area contributed by atoms with Crippen LogP contribution in [0.25, 0.3) is 11.3 Å². The van der Waals surface area contributed by atoms with Gasteiger partial charge in [0.15, 0.2) is 0 Å². The summed E-state index contributed by atoms with van der Waals surface area (Å²) >= 11 is 0. The van der Waals surface area contributed by atoms with Gasteiger partial charge in [0.05, 0.1) is 12.8 Å². The lowest BCUT2D eigenvalue weighted by Gasteiger charge is -2.07. The van der Waals surface area contributed by atoms with E-state index < -0.39 is 5.97 Å². The lowest BCUT2D eigenvalue weighted by atomic mass is 10.1. The third-order valence-electron chi connectivity index (χ3n) is 3.36. The predicted molar refractivity (Wildman–Crippen MR) is 86.9 cm³/mol. The van der Waals surface area contributed by atoms with Crippen molar-refractivity contribution in [3.8, 4) is 22.9 Å². The van der Waals surface area contributed by atoms with Crippen LogP contribution in [0.4, 0.5) is 0 Å². The SMILES string of the molecule is COC(=O)c1nn[nH]c1Oc1ccc(-c2cc(C)cc(C)n2)cc1. The van der Waals surface area contributed by atoms with E-state index in [1.165, 1.54) is 7.11 Å². The molecular formula is C17H16N4O3. The van der Waals surface area contributed by atoms with E-state index in [1.807, 2.05) is 38.1 Å². The monoisotopic (exact) mass is 324 g/mol. The zero-order valence-corrected chi connectivity index (χ0v) is 13.5. The van der Waals surface area contributed by atoms with E-state index in [-0.39, 0.29) is 11.6 Å². The summed E-state index contributed by atoms with van der Waals surface area (Å²) in [4.78, 5) is 16.1. The quantitative estimate of drug-likeness (QED) is 0.742. The van der Waals surface area contributed by atoms with Crippen LogP contribution in [0.3, 0.4) is 0 Å². The Morgan fingerprint density at radius 1 is 1.12 bits per heavy atom. The number of aryl methyl sites for hydroxylation is 2. The van der Waals surface area contributed by atoms with Crippen LogP contribution in [-0.2, 0) is 4.74 Å². The van der Waals surface area contributed by atoms with Gasteiger partial charge in [-0.25, -0.2) is 9.89 Å². The molecule has 0 aliphatic carbocycles. The number of esters is 1. The summed E-state index contributed by atoms with van der Waals surface area (Å²) in [6, 6.07) is 11.4. The number of rotatable bonds is 4. The van der Waals surface area contributed by atoms with E-state index in [1.54, 1.807) is 12.1 Å². The molecule has 7 heteroatoms. The molecule has 1 N–H and O–H groups in total. The molecule has 24 heavy (non-hydrogen) atoms. The fourth-order valence-electron chi connectivity index (χ4n) is 2.32. The Hall–Kier alpha value is -3.22. The van der Waals surface area contributed by atoms with Gasteiger partial charge in [-0.1, -0.05) is 5.21 Å². The number of benzene rings is 1. The molecule has 0 saturated carbocycles. The highest BCUT2D eigenvalue weighted by molar-refractivity contribution is 5.89. The minimum atomic E-state index is -0.616. The summed E-state index contributed by atoms with van der Waals surface area (Å²) in [5.41, 5.74) is 4.00. The van der Waals surface area contributed by atoms with E-state index >= 15 is 0 Å². The molecule has 0 radical (unpaired) electrons. The smallest absolute Gasteiger partial charge is 0.364 e. The van der Waals surface area contributed by atoms with Crippen molar-refractivity contribution < 1.29 is 14.3 Å². The van der Waals surface area contributed by atoms with Crippen LogP contribution in [0.2, 0.25) is 0 Å². The first kappa shape index (κ1) is 15.7. The number of pyridine rings is 1. The normalized spacial score (nSPS) is 10.5. The molecular weight excluding hydrogens is 308 g/mol. The van der Waals surface area contributed by atoms with Crippen LogP contribution < -0.4 is 4.74 Å². The number of hydrogen-bond acceptors (Lipinski definition) is 6. The lowest BCUT2D eigenvalue weighted by Crippen LogP contribution is -2.03. The van der Waals surface area contributed by atoms with Crippen LogP contribution in [0.15, 0.2) is 36.4 Å². The number of carbonyl (C=O) groups excluding carboxylic acids is 1. The average molecular weight is 324 g/mol. The number of methoxy groups -OCH3 is 1. The first-order valence-electron chi connectivity index (χ1n) is 7.30. The maximum atomic E-state index is 11.6. The number of nitrogens with one attached hydrogen (secondary N) is 1. The van der Waals surface area contributed by atoms with Crippen molar-refractivity contribution in [1.29, 1.82) is 0 Å². The first-order chi connectivity index (χ1) is 11.6. The third kappa shape index (κ3) is 3.24. The maximum absolute atomic E-state index is 11.6. The molecule has 0 fully saturated rings. The summed E-state index contributed by atoms with van der Waals surface area (Å²) in [5.74, 6) is 0.0632. The van der Waals surface area contributed by atoms with Gasteiger partial charge in [-0.05, 0) is 55.8 Å². The topological polar surface area (TPSA) is 90.0 Å². The molecule has 0 atom stereocenters. The van der Waals surface area contributed by atoms with Crippen LogP contribution >= 0.6 is 0 Å². The summed E-state index contributed by atoms with van der Waals surface area (Å²) in [6.45, 7) is 4.00. The molecule has 0 amide bonds. The molecule has 0 aliphatic heterocycles. The van der Waals surface area contributed by atoms with Crippen molar-refractivity contribution in [3.05, 3.63) is 53.3 Å². The molecule has 0 saturated heterocycles. The lowest BCUT2D eigenvalue weighted by molar-refractivity contribution is 0.0591. The molecule has 7 nitrogen and oxygen atoms in total. The van der Waals surface area contributed by atoms with Gasteiger partial charge in [0, 0.05) is 11.3 Å². The molecule has 0 bridgehead atoms. The number of nitrogens with zero attached hydrogens (tertiary/aromatic N) is 3. The van der Waals surface area contributed by atoms with Crippen molar-refractivity contribution in [2.75, 3.05) is 7.11 Å². The van der Waals surface area contributed by atoms with Crippen LogP contribution in [0.1, 0.15) is 21.7 Å². The number of carbonyl (C=O) groups is 1. The maximum Gasteiger partial charge on any atom is 0.364 e. The second-order valence-electron chi connectivity index (χ2n) is 5.28. The average Bonchev–Trinajstić information content (AvgIpc) is 3.02. The standard InChI is InChI=1S/C17H16N4O3/c1-10-8-11(2)18-14(9-10)12-4-6-13(7-5-12)24-16-15(17(22)23-3)19-21-20-16/h4-9H,1-3H3,(H,19,20,21). The Balaban J connectivity index is 1.83. The Kier molecular flexibility index (Phi) is 4.24. The predicted octanol–water partition coefficient (Wildman–Crippen LogP) is 3.06. The minimum Gasteiger partial charge on any atom is -0.464 e. The van der Waals surface area contributed by atoms with Crippen molar-refractivity contribution in [2.24, 2.45) is 0 Å². The molecule has 2 heterocycles. The number of hydrogen-bond donors (Lipinski definition) is 1. The highest BCUT2D eigenvalue weighted by atomic mass is 16.5. The van der Waals surface area contributed by atoms with E-state index in [0.717, 1.165) is 22.5 Å². The van der Waals surface area contributed by atoms with Gasteiger partial charge in [0.1, 0.15) is 5.75 Å². The number of H-pyrrole nitrogens is 1. The molecule has 1 aromatic carbocycles. The molecule has 0 aliphatic rings. The van der Waals surface area contributed by atoms with E-state index in [2.05, 4.69) is 25.1 Å². The highest BCUT2D eigenvalue weighted by Crippen LogP contribution is 2.26. The molecule has 0 spiro atoms. The summed E-state index contributed by atoms with van der Waals surface area (Å²) in [5, 5.41) is 9.75. The van der Waals surface area contributed by atoms with Gasteiger partial charge in [0.25, 0.3) is 5.88 Å². The third-order valence-corrected chi connectivity index (χ3v) is 3.36. The van der Waals surface area contributed by atoms with Gasteiger partial charge in [-0.15, -0.1) is 5.10 Å². The molecule has 122 valence electrons. The number of aromatic nitrogens is 4. The Bertz CT molecular complexity index is 852. The van der Waals surface area contributed by atoms with Crippen molar-refractivity contribution in [3.63, 3.8) is 0 Å². The van der Waals surface area contributed by atoms with Crippen molar-refractivity contribution in [2.45, 2.75) is 13.8 Å². The van der Waals surface area contributed by atoms with Gasteiger partial charge in [0.2, 0.25) is 5.69 Å².